The molecule has 1 aromatic heterocycles. The first-order chi connectivity index (χ1) is 12.8. The first-order valence-electron chi connectivity index (χ1n) is 10.2. The minimum Gasteiger partial charge on any atom is -0.451 e. The second-order valence-electron chi connectivity index (χ2n) is 8.94. The fourth-order valence-corrected chi connectivity index (χ4v) is 6.19. The highest BCUT2D eigenvalue weighted by Crippen LogP contribution is 2.53. The summed E-state index contributed by atoms with van der Waals surface area (Å²) in [6.45, 7) is 4.99. The maximum Gasteiger partial charge on any atom is 0.355 e. The van der Waals surface area contributed by atoms with Crippen LogP contribution < -0.4 is 5.32 Å². The van der Waals surface area contributed by atoms with E-state index in [2.05, 4.69) is 10.3 Å². The van der Waals surface area contributed by atoms with E-state index in [1.54, 1.807) is 13.8 Å². The molecular weight excluding hydrogens is 344 g/mol. The van der Waals surface area contributed by atoms with E-state index in [-0.39, 0.29) is 18.6 Å². The smallest absolute Gasteiger partial charge is 0.355 e. The number of hydrogen-bond donors (Lipinski definition) is 3. The first-order valence-corrected chi connectivity index (χ1v) is 10.2. The predicted molar refractivity (Wildman–Crippen MR) is 100 cm³/mol. The molecule has 0 radical (unpaired) electrons. The molecule has 4 fully saturated rings. The summed E-state index contributed by atoms with van der Waals surface area (Å²) in [5, 5.41) is 13.0. The van der Waals surface area contributed by atoms with Crippen LogP contribution in [-0.4, -0.2) is 34.6 Å². The lowest BCUT2D eigenvalue weighted by Crippen LogP contribution is -2.56. The molecule has 4 saturated carbocycles. The number of nitrogens with one attached hydrogen (secondary N) is 2. The summed E-state index contributed by atoms with van der Waals surface area (Å²) in [6, 6.07) is 0.250. The molecule has 3 N–H and O–H groups in total. The SMILES string of the molecule is Cc1[nH]c(C(=O)OCC(=O)NC2C3CC4CC(C3)CC2C4)c(C)c1[C@@H](C)O. The number of hydrogen-bond acceptors (Lipinski definition) is 4. The van der Waals surface area contributed by atoms with Crippen LogP contribution in [0.2, 0.25) is 0 Å². The maximum absolute atomic E-state index is 12.4. The Morgan fingerprint density at radius 2 is 1.74 bits per heavy atom. The Hall–Kier alpha value is -1.82. The number of aromatic nitrogens is 1. The summed E-state index contributed by atoms with van der Waals surface area (Å²) < 4.78 is 5.25. The Bertz CT molecular complexity index is 724. The topological polar surface area (TPSA) is 91.4 Å². The average Bonchev–Trinajstić information content (AvgIpc) is 2.90. The Balaban J connectivity index is 1.33. The van der Waals surface area contributed by atoms with Crippen LogP contribution in [0.3, 0.4) is 0 Å². The Kier molecular flexibility index (Phi) is 4.78. The highest BCUT2D eigenvalue weighted by molar-refractivity contribution is 5.91. The molecule has 0 aliphatic heterocycles. The molecule has 0 aromatic carbocycles. The van der Waals surface area contributed by atoms with Gasteiger partial charge in [0.15, 0.2) is 6.61 Å². The molecule has 1 aromatic rings. The van der Waals surface area contributed by atoms with Crippen molar-refractivity contribution in [3.05, 3.63) is 22.5 Å². The van der Waals surface area contributed by atoms with E-state index >= 15 is 0 Å². The number of aliphatic hydroxyl groups excluding tert-OH is 1. The lowest BCUT2D eigenvalue weighted by molar-refractivity contribution is -0.128. The van der Waals surface area contributed by atoms with Gasteiger partial charge in [0.25, 0.3) is 5.91 Å². The van der Waals surface area contributed by atoms with Gasteiger partial charge < -0.3 is 20.1 Å². The molecule has 4 aliphatic rings. The summed E-state index contributed by atoms with van der Waals surface area (Å²) in [6.07, 6.45) is 5.67. The van der Waals surface area contributed by atoms with Gasteiger partial charge in [-0.1, -0.05) is 0 Å². The summed E-state index contributed by atoms with van der Waals surface area (Å²) in [5.74, 6) is 2.16. The Morgan fingerprint density at radius 3 is 2.26 bits per heavy atom. The number of aromatic amines is 1. The molecule has 0 saturated heterocycles. The lowest BCUT2D eigenvalue weighted by Gasteiger charge is -2.54. The molecule has 1 heterocycles. The molecule has 0 unspecified atom stereocenters. The summed E-state index contributed by atoms with van der Waals surface area (Å²) in [4.78, 5) is 27.8. The van der Waals surface area contributed by atoms with Gasteiger partial charge in [0.05, 0.1) is 6.10 Å². The molecule has 148 valence electrons. The van der Waals surface area contributed by atoms with Crippen LogP contribution in [-0.2, 0) is 9.53 Å². The number of aliphatic hydroxyl groups is 1. The van der Waals surface area contributed by atoms with Crippen LogP contribution >= 0.6 is 0 Å². The van der Waals surface area contributed by atoms with Crippen molar-refractivity contribution in [2.45, 2.75) is 65.0 Å². The van der Waals surface area contributed by atoms with E-state index < -0.39 is 12.1 Å². The van der Waals surface area contributed by atoms with Gasteiger partial charge in [0.2, 0.25) is 0 Å². The van der Waals surface area contributed by atoms with Gasteiger partial charge in [-0.2, -0.15) is 0 Å². The van der Waals surface area contributed by atoms with E-state index in [9.17, 15) is 14.7 Å². The standard InChI is InChI=1S/C21H30N2O4/c1-10-18(12(3)24)11(2)22-19(10)21(26)27-9-17(25)23-20-15-5-13-4-14(7-15)8-16(20)6-13/h12-16,20,22,24H,4-9H2,1-3H3,(H,23,25)/t12-,13?,14?,15?,16?,20?/m1/s1. The quantitative estimate of drug-likeness (QED) is 0.691. The molecule has 1 amide bonds. The Labute approximate surface area is 160 Å². The number of aryl methyl sites for hydroxylation is 1. The van der Waals surface area contributed by atoms with Crippen LogP contribution in [0.15, 0.2) is 0 Å². The van der Waals surface area contributed by atoms with Gasteiger partial charge in [0, 0.05) is 17.3 Å². The van der Waals surface area contributed by atoms with Crippen LogP contribution in [0.25, 0.3) is 0 Å². The molecule has 6 heteroatoms. The van der Waals surface area contributed by atoms with E-state index in [1.165, 1.54) is 32.1 Å². The maximum atomic E-state index is 12.4. The fraction of sp³-hybridized carbons (Fsp3) is 0.714. The van der Waals surface area contributed by atoms with Gasteiger partial charge in [-0.05, 0) is 82.1 Å². The fourth-order valence-electron chi connectivity index (χ4n) is 6.19. The zero-order valence-corrected chi connectivity index (χ0v) is 16.4. The second-order valence-corrected chi connectivity index (χ2v) is 8.94. The molecule has 5 rings (SSSR count). The lowest BCUT2D eigenvalue weighted by atomic mass is 9.54. The highest BCUT2D eigenvalue weighted by Gasteiger charge is 2.48. The van der Waals surface area contributed by atoms with Crippen molar-refractivity contribution in [1.82, 2.24) is 10.3 Å². The first kappa shape index (κ1) is 18.5. The van der Waals surface area contributed by atoms with Gasteiger partial charge in [-0.25, -0.2) is 4.79 Å². The van der Waals surface area contributed by atoms with Crippen molar-refractivity contribution >= 4 is 11.9 Å². The normalized spacial score (nSPS) is 32.4. The zero-order chi connectivity index (χ0) is 19.3. The van der Waals surface area contributed by atoms with Crippen LogP contribution in [0.4, 0.5) is 0 Å². The largest absolute Gasteiger partial charge is 0.451 e. The second kappa shape index (κ2) is 6.97. The number of amides is 1. The molecule has 0 spiro atoms. The number of H-pyrrole nitrogens is 1. The minimum atomic E-state index is -0.664. The van der Waals surface area contributed by atoms with Crippen molar-refractivity contribution in [3.8, 4) is 0 Å². The van der Waals surface area contributed by atoms with Crippen molar-refractivity contribution in [2.75, 3.05) is 6.61 Å². The summed E-state index contributed by atoms with van der Waals surface area (Å²) >= 11 is 0. The van der Waals surface area contributed by atoms with E-state index in [4.69, 9.17) is 4.74 Å². The number of ether oxygens (including phenoxy) is 1. The van der Waals surface area contributed by atoms with Gasteiger partial charge in [-0.3, -0.25) is 4.79 Å². The van der Waals surface area contributed by atoms with Crippen LogP contribution in [0, 0.1) is 37.5 Å². The summed E-state index contributed by atoms with van der Waals surface area (Å²) in [7, 11) is 0. The Morgan fingerprint density at radius 1 is 1.15 bits per heavy atom. The predicted octanol–water partition coefficient (Wildman–Crippen LogP) is 2.78. The molecule has 4 bridgehead atoms. The van der Waals surface area contributed by atoms with E-state index in [0.717, 1.165) is 17.5 Å². The molecule has 27 heavy (non-hydrogen) atoms. The average molecular weight is 374 g/mol. The molecule has 1 atom stereocenters. The van der Waals surface area contributed by atoms with Crippen LogP contribution in [0.5, 0.6) is 0 Å². The number of rotatable bonds is 5. The number of esters is 1. The third kappa shape index (κ3) is 3.40. The molecule has 4 aliphatic carbocycles. The molecular formula is C21H30N2O4. The number of carbonyl (C=O) groups excluding carboxylic acids is 2. The third-order valence-corrected chi connectivity index (χ3v) is 7.01. The minimum absolute atomic E-state index is 0.211. The summed E-state index contributed by atoms with van der Waals surface area (Å²) in [5.41, 5.74) is 2.44. The van der Waals surface area contributed by atoms with Gasteiger partial charge in [-0.15, -0.1) is 0 Å². The monoisotopic (exact) mass is 374 g/mol. The van der Waals surface area contributed by atoms with Crippen molar-refractivity contribution in [2.24, 2.45) is 23.7 Å². The van der Waals surface area contributed by atoms with Crippen LogP contribution in [0.1, 0.15) is 72.4 Å². The number of carbonyl (C=O) groups is 2. The molecule has 6 nitrogen and oxygen atoms in total. The van der Waals surface area contributed by atoms with Gasteiger partial charge >= 0.3 is 5.97 Å². The van der Waals surface area contributed by atoms with E-state index in [0.29, 0.717) is 28.7 Å². The third-order valence-electron chi connectivity index (χ3n) is 7.01. The highest BCUT2D eigenvalue weighted by atomic mass is 16.5. The van der Waals surface area contributed by atoms with Crippen molar-refractivity contribution in [1.29, 1.82) is 0 Å². The van der Waals surface area contributed by atoms with Crippen molar-refractivity contribution < 1.29 is 19.4 Å². The zero-order valence-electron chi connectivity index (χ0n) is 16.4. The van der Waals surface area contributed by atoms with Crippen molar-refractivity contribution in [3.63, 3.8) is 0 Å². The van der Waals surface area contributed by atoms with E-state index in [1.807, 2.05) is 6.92 Å². The van der Waals surface area contributed by atoms with Gasteiger partial charge in [0.1, 0.15) is 5.69 Å².